The van der Waals surface area contributed by atoms with Gasteiger partial charge in [0, 0.05) is 52.3 Å². The molecular formula is C32H49N3O5. The fourth-order valence-electron chi connectivity index (χ4n) is 4.66. The van der Waals surface area contributed by atoms with E-state index in [1.165, 1.54) is 5.56 Å². The molecule has 0 fully saturated rings. The molecule has 1 aliphatic rings. The molecule has 1 heterocycles. The maximum atomic E-state index is 11.6. The van der Waals surface area contributed by atoms with Gasteiger partial charge in [-0.2, -0.15) is 0 Å². The van der Waals surface area contributed by atoms with Crippen LogP contribution in [0.5, 0.6) is 5.75 Å². The van der Waals surface area contributed by atoms with Gasteiger partial charge in [0.1, 0.15) is 5.75 Å². The molecule has 0 saturated heterocycles. The number of carbonyl (C=O) groups is 1. The summed E-state index contributed by atoms with van der Waals surface area (Å²) >= 11 is 0. The van der Waals surface area contributed by atoms with Gasteiger partial charge in [0.25, 0.3) is 0 Å². The van der Waals surface area contributed by atoms with Gasteiger partial charge < -0.3 is 35.3 Å². The van der Waals surface area contributed by atoms with Crippen LogP contribution in [0.4, 0.5) is 4.79 Å². The molecule has 4 N–H and O–H groups in total. The third-order valence-electron chi connectivity index (χ3n) is 6.92. The smallest absolute Gasteiger partial charge is 0.315 e. The molecule has 40 heavy (non-hydrogen) atoms. The van der Waals surface area contributed by atoms with E-state index in [0.29, 0.717) is 26.2 Å². The summed E-state index contributed by atoms with van der Waals surface area (Å²) in [4.78, 5) is 11.6. The van der Waals surface area contributed by atoms with Crippen molar-refractivity contribution in [3.8, 4) is 5.75 Å². The Morgan fingerprint density at radius 1 is 1.00 bits per heavy atom. The molecule has 0 radical (unpaired) electrons. The van der Waals surface area contributed by atoms with E-state index in [0.717, 1.165) is 87.1 Å². The van der Waals surface area contributed by atoms with Crippen molar-refractivity contribution in [1.29, 1.82) is 0 Å². The Kier molecular flexibility index (Phi) is 13.7. The van der Waals surface area contributed by atoms with Gasteiger partial charge in [-0.25, -0.2) is 4.79 Å². The van der Waals surface area contributed by atoms with Gasteiger partial charge in [0.15, 0.2) is 0 Å². The molecule has 0 saturated carbocycles. The van der Waals surface area contributed by atoms with E-state index in [2.05, 4.69) is 34.1 Å². The number of hydrogen-bond acceptors (Lipinski definition) is 6. The van der Waals surface area contributed by atoms with Gasteiger partial charge in [0.05, 0.1) is 12.7 Å². The Morgan fingerprint density at radius 2 is 1.77 bits per heavy atom. The Morgan fingerprint density at radius 3 is 2.60 bits per heavy atom. The van der Waals surface area contributed by atoms with Crippen LogP contribution in [0.25, 0.3) is 0 Å². The summed E-state index contributed by atoms with van der Waals surface area (Å²) in [6, 6.07) is 14.1. The van der Waals surface area contributed by atoms with Crippen molar-refractivity contribution in [3.63, 3.8) is 0 Å². The SMILES string of the molecule is CCNC(=O)NCc1cccc(CCCCOCCCCCCNC[C@@H](O)c2ccc3c(c2)COC(C)(C)O3)c1. The summed E-state index contributed by atoms with van der Waals surface area (Å²) in [5, 5.41) is 19.5. The number of fused-ring (bicyclic) bond motifs is 1. The Labute approximate surface area is 240 Å². The van der Waals surface area contributed by atoms with Crippen molar-refractivity contribution in [2.45, 2.75) is 90.8 Å². The molecule has 0 aromatic heterocycles. The lowest BCUT2D eigenvalue weighted by Gasteiger charge is -2.33. The molecule has 0 bridgehead atoms. The summed E-state index contributed by atoms with van der Waals surface area (Å²) in [6.07, 6.45) is 7.10. The van der Waals surface area contributed by atoms with Crippen LogP contribution in [0, 0.1) is 0 Å². The number of rotatable bonds is 18. The Balaban J connectivity index is 1.14. The number of aliphatic hydroxyl groups excluding tert-OH is 1. The minimum absolute atomic E-state index is 0.129. The third-order valence-corrected chi connectivity index (χ3v) is 6.92. The van der Waals surface area contributed by atoms with Crippen LogP contribution in [0.1, 0.15) is 87.7 Å². The number of nitrogens with one attached hydrogen (secondary N) is 3. The zero-order valence-electron chi connectivity index (χ0n) is 24.6. The minimum atomic E-state index is -0.607. The van der Waals surface area contributed by atoms with Crippen LogP contribution in [0.15, 0.2) is 42.5 Å². The van der Waals surface area contributed by atoms with E-state index >= 15 is 0 Å². The second-order valence-corrected chi connectivity index (χ2v) is 10.9. The molecule has 0 aliphatic carbocycles. The number of aryl methyl sites for hydroxylation is 1. The highest BCUT2D eigenvalue weighted by Crippen LogP contribution is 2.32. The van der Waals surface area contributed by atoms with Crippen molar-refractivity contribution in [2.24, 2.45) is 0 Å². The predicted octanol–water partition coefficient (Wildman–Crippen LogP) is 5.37. The first kappa shape index (κ1) is 31.9. The van der Waals surface area contributed by atoms with Gasteiger partial charge in [-0.3, -0.25) is 0 Å². The number of carbonyl (C=O) groups excluding carboxylic acids is 1. The highest BCUT2D eigenvalue weighted by Gasteiger charge is 2.27. The minimum Gasteiger partial charge on any atom is -0.463 e. The molecule has 222 valence electrons. The lowest BCUT2D eigenvalue weighted by atomic mass is 10.0. The van der Waals surface area contributed by atoms with E-state index in [1.54, 1.807) is 0 Å². The summed E-state index contributed by atoms with van der Waals surface area (Å²) in [5.41, 5.74) is 4.28. The maximum absolute atomic E-state index is 11.6. The standard InChI is InChI=1S/C32H49N3O5/c1-4-34-31(37)35-22-26-14-11-13-25(20-26)12-7-10-19-38-18-9-6-5-8-17-33-23-29(36)27-15-16-30-28(21-27)24-39-32(2,3)40-30/h11,13-16,20-21,29,33,36H,4-10,12,17-19,22-24H2,1-3H3,(H2,34,35,37)/t29-/m1/s1. The zero-order valence-corrected chi connectivity index (χ0v) is 24.6. The van der Waals surface area contributed by atoms with Crippen LogP contribution in [-0.2, 0) is 29.0 Å². The molecule has 1 atom stereocenters. The second-order valence-electron chi connectivity index (χ2n) is 10.9. The van der Waals surface area contributed by atoms with Crippen molar-refractivity contribution in [2.75, 3.05) is 32.8 Å². The number of unbranched alkanes of at least 4 members (excludes halogenated alkanes) is 4. The monoisotopic (exact) mass is 555 g/mol. The fraction of sp³-hybridized carbons (Fsp3) is 0.594. The summed E-state index contributed by atoms with van der Waals surface area (Å²) in [6.45, 7) is 10.4. The average Bonchev–Trinajstić information content (AvgIpc) is 2.94. The summed E-state index contributed by atoms with van der Waals surface area (Å²) < 4.78 is 17.4. The van der Waals surface area contributed by atoms with Crippen molar-refractivity contribution >= 4 is 6.03 Å². The first-order chi connectivity index (χ1) is 19.4. The van der Waals surface area contributed by atoms with E-state index in [1.807, 2.05) is 45.0 Å². The normalized spacial score (nSPS) is 14.7. The van der Waals surface area contributed by atoms with Crippen LogP contribution < -0.4 is 20.7 Å². The first-order valence-electron chi connectivity index (χ1n) is 14.9. The lowest BCUT2D eigenvalue weighted by molar-refractivity contribution is -0.180. The van der Waals surface area contributed by atoms with Crippen LogP contribution >= 0.6 is 0 Å². The Hall–Kier alpha value is -2.65. The van der Waals surface area contributed by atoms with Crippen LogP contribution in [0.3, 0.4) is 0 Å². The number of aliphatic hydroxyl groups is 1. The lowest BCUT2D eigenvalue weighted by Crippen LogP contribution is -2.35. The molecule has 0 unspecified atom stereocenters. The van der Waals surface area contributed by atoms with Crippen molar-refractivity contribution in [3.05, 3.63) is 64.7 Å². The van der Waals surface area contributed by atoms with Gasteiger partial charge in [-0.1, -0.05) is 43.2 Å². The summed E-state index contributed by atoms with van der Waals surface area (Å²) in [7, 11) is 0. The zero-order chi connectivity index (χ0) is 28.6. The highest BCUT2D eigenvalue weighted by molar-refractivity contribution is 5.73. The number of ether oxygens (including phenoxy) is 3. The Bertz CT molecular complexity index is 1030. The largest absolute Gasteiger partial charge is 0.463 e. The van der Waals surface area contributed by atoms with Crippen LogP contribution in [0.2, 0.25) is 0 Å². The van der Waals surface area contributed by atoms with E-state index in [9.17, 15) is 9.90 Å². The van der Waals surface area contributed by atoms with Crippen LogP contribution in [-0.4, -0.2) is 49.8 Å². The van der Waals surface area contributed by atoms with E-state index < -0.39 is 11.9 Å². The number of amides is 2. The van der Waals surface area contributed by atoms with Gasteiger partial charge in [-0.05, 0) is 74.4 Å². The molecule has 2 aromatic carbocycles. The van der Waals surface area contributed by atoms with Gasteiger partial charge in [0.2, 0.25) is 5.79 Å². The van der Waals surface area contributed by atoms with Crippen molar-refractivity contribution < 1.29 is 24.1 Å². The predicted molar refractivity (Wildman–Crippen MR) is 158 cm³/mol. The molecular weight excluding hydrogens is 506 g/mol. The molecule has 3 rings (SSSR count). The summed E-state index contributed by atoms with van der Waals surface area (Å²) in [5.74, 6) is 0.221. The number of benzene rings is 2. The molecule has 1 aliphatic heterocycles. The third kappa shape index (κ3) is 11.8. The number of hydrogen-bond donors (Lipinski definition) is 4. The second kappa shape index (κ2) is 17.2. The molecule has 8 heteroatoms. The van der Waals surface area contributed by atoms with Gasteiger partial charge in [-0.15, -0.1) is 0 Å². The van der Waals surface area contributed by atoms with E-state index in [4.69, 9.17) is 14.2 Å². The molecule has 2 aromatic rings. The molecule has 0 spiro atoms. The maximum Gasteiger partial charge on any atom is 0.315 e. The van der Waals surface area contributed by atoms with E-state index in [-0.39, 0.29) is 6.03 Å². The van der Waals surface area contributed by atoms with Gasteiger partial charge >= 0.3 is 6.03 Å². The first-order valence-corrected chi connectivity index (χ1v) is 14.9. The number of urea groups is 1. The average molecular weight is 556 g/mol. The quantitative estimate of drug-likeness (QED) is 0.185. The molecule has 8 nitrogen and oxygen atoms in total. The highest BCUT2D eigenvalue weighted by atomic mass is 16.7. The molecule has 2 amide bonds. The van der Waals surface area contributed by atoms with Crippen molar-refractivity contribution in [1.82, 2.24) is 16.0 Å². The fourth-order valence-corrected chi connectivity index (χ4v) is 4.66. The topological polar surface area (TPSA) is 101 Å².